The summed E-state index contributed by atoms with van der Waals surface area (Å²) >= 11 is 1.48. The Hall–Kier alpha value is -1.76. The standard InChI is InChI=1S/C30H44N2O5S/c1-2-30(12-5-13-30)28(34)9-4-8-25-24(22(21-31)20-26(25)33)7-3-6-23-10-11-27(38-23)29(35)37-19-16-32-14-17-36-18-15-32/h4,8,10-11,22,24-26,28,33-34H,2-3,5-7,9,12-20H2,1H3/t22-,24-,25+,26+,28?/m0/s1. The minimum Gasteiger partial charge on any atom is -0.460 e. The Kier molecular flexibility index (Phi) is 10.8. The van der Waals surface area contributed by atoms with E-state index < -0.39 is 6.10 Å². The summed E-state index contributed by atoms with van der Waals surface area (Å²) in [6.07, 6.45) is 11.4. The lowest BCUT2D eigenvalue weighted by Crippen LogP contribution is -2.40. The van der Waals surface area contributed by atoms with E-state index in [9.17, 15) is 20.3 Å². The molecule has 1 saturated heterocycles. The van der Waals surface area contributed by atoms with Gasteiger partial charge in [-0.05, 0) is 74.8 Å². The van der Waals surface area contributed by atoms with Gasteiger partial charge in [-0.2, -0.15) is 5.26 Å². The first kappa shape index (κ1) is 29.2. The van der Waals surface area contributed by atoms with Gasteiger partial charge in [0.25, 0.3) is 0 Å². The van der Waals surface area contributed by atoms with Gasteiger partial charge in [-0.15, -0.1) is 11.3 Å². The maximum absolute atomic E-state index is 12.5. The summed E-state index contributed by atoms with van der Waals surface area (Å²) in [4.78, 5) is 16.5. The number of morpholine rings is 1. The summed E-state index contributed by atoms with van der Waals surface area (Å²) in [5.74, 6) is -0.362. The Labute approximate surface area is 231 Å². The van der Waals surface area contributed by atoms with Crippen molar-refractivity contribution in [2.75, 3.05) is 39.5 Å². The van der Waals surface area contributed by atoms with Crippen molar-refractivity contribution in [1.29, 1.82) is 5.26 Å². The summed E-state index contributed by atoms with van der Waals surface area (Å²) in [6, 6.07) is 6.26. The Bertz CT molecular complexity index is 957. The predicted octanol–water partition coefficient (Wildman–Crippen LogP) is 4.58. The highest BCUT2D eigenvalue weighted by molar-refractivity contribution is 7.13. The molecular weight excluding hydrogens is 500 g/mol. The third-order valence-corrected chi connectivity index (χ3v) is 10.3. The van der Waals surface area contributed by atoms with Crippen molar-refractivity contribution >= 4 is 17.3 Å². The van der Waals surface area contributed by atoms with Crippen LogP contribution in [0.2, 0.25) is 0 Å². The number of aliphatic hydroxyl groups is 2. The molecule has 8 heteroatoms. The number of nitrogens with zero attached hydrogens (tertiary/aromatic N) is 2. The fraction of sp³-hybridized carbons (Fsp3) is 0.733. The molecule has 0 aromatic carbocycles. The molecule has 2 saturated carbocycles. The van der Waals surface area contributed by atoms with Gasteiger partial charge in [0.05, 0.1) is 37.4 Å². The Balaban J connectivity index is 1.23. The van der Waals surface area contributed by atoms with Crippen LogP contribution in [0.5, 0.6) is 0 Å². The Morgan fingerprint density at radius 3 is 2.84 bits per heavy atom. The zero-order valence-corrected chi connectivity index (χ0v) is 23.5. The van der Waals surface area contributed by atoms with Gasteiger partial charge in [0.15, 0.2) is 0 Å². The molecule has 38 heavy (non-hydrogen) atoms. The minimum atomic E-state index is -0.512. The molecule has 1 aromatic heterocycles. The Morgan fingerprint density at radius 1 is 1.37 bits per heavy atom. The van der Waals surface area contributed by atoms with Crippen LogP contribution in [-0.4, -0.2) is 72.7 Å². The van der Waals surface area contributed by atoms with Gasteiger partial charge in [0.2, 0.25) is 0 Å². The van der Waals surface area contributed by atoms with E-state index in [4.69, 9.17) is 9.47 Å². The first-order valence-electron chi connectivity index (χ1n) is 14.4. The molecule has 0 amide bonds. The van der Waals surface area contributed by atoms with Gasteiger partial charge < -0.3 is 19.7 Å². The van der Waals surface area contributed by atoms with Crippen molar-refractivity contribution in [2.24, 2.45) is 23.2 Å². The normalized spacial score (nSPS) is 28.2. The number of aryl methyl sites for hydroxylation is 1. The summed E-state index contributed by atoms with van der Waals surface area (Å²) < 4.78 is 10.8. The Morgan fingerprint density at radius 2 is 2.16 bits per heavy atom. The summed E-state index contributed by atoms with van der Waals surface area (Å²) in [6.45, 7) is 6.50. The maximum Gasteiger partial charge on any atom is 0.348 e. The number of carbonyl (C=O) groups is 1. The molecule has 2 aliphatic carbocycles. The van der Waals surface area contributed by atoms with E-state index in [1.807, 2.05) is 18.2 Å². The number of hydrogen-bond donors (Lipinski definition) is 2. The first-order chi connectivity index (χ1) is 18.5. The van der Waals surface area contributed by atoms with E-state index in [0.717, 1.165) is 76.3 Å². The molecule has 2 heterocycles. The van der Waals surface area contributed by atoms with Crippen LogP contribution in [0.15, 0.2) is 24.3 Å². The van der Waals surface area contributed by atoms with Crippen LogP contribution in [0.3, 0.4) is 0 Å². The van der Waals surface area contributed by atoms with E-state index >= 15 is 0 Å². The molecule has 3 fully saturated rings. The molecule has 0 radical (unpaired) electrons. The number of thiophene rings is 1. The molecule has 1 aliphatic heterocycles. The van der Waals surface area contributed by atoms with E-state index in [-0.39, 0.29) is 35.2 Å². The van der Waals surface area contributed by atoms with Gasteiger partial charge in [-0.1, -0.05) is 25.5 Å². The van der Waals surface area contributed by atoms with Gasteiger partial charge in [0, 0.05) is 30.4 Å². The van der Waals surface area contributed by atoms with Crippen LogP contribution in [0.1, 0.15) is 72.8 Å². The van der Waals surface area contributed by atoms with Crippen LogP contribution >= 0.6 is 11.3 Å². The monoisotopic (exact) mass is 544 g/mol. The van der Waals surface area contributed by atoms with Crippen molar-refractivity contribution in [3.8, 4) is 6.07 Å². The lowest BCUT2D eigenvalue weighted by molar-refractivity contribution is -0.0355. The lowest BCUT2D eigenvalue weighted by Gasteiger charge is -2.45. The highest BCUT2D eigenvalue weighted by Crippen LogP contribution is 2.48. The third-order valence-electron chi connectivity index (χ3n) is 9.16. The van der Waals surface area contributed by atoms with E-state index in [1.54, 1.807) is 0 Å². The summed E-state index contributed by atoms with van der Waals surface area (Å²) in [7, 11) is 0. The second-order valence-electron chi connectivity index (χ2n) is 11.3. The number of nitriles is 1. The molecular formula is C30H44N2O5S. The number of ether oxygens (including phenoxy) is 2. The van der Waals surface area contributed by atoms with Crippen LogP contribution < -0.4 is 0 Å². The first-order valence-corrected chi connectivity index (χ1v) is 15.3. The van der Waals surface area contributed by atoms with E-state index in [2.05, 4.69) is 24.0 Å². The van der Waals surface area contributed by atoms with Gasteiger partial charge >= 0.3 is 5.97 Å². The average molecular weight is 545 g/mol. The van der Waals surface area contributed by atoms with Crippen molar-refractivity contribution in [3.63, 3.8) is 0 Å². The van der Waals surface area contributed by atoms with Crippen molar-refractivity contribution in [1.82, 2.24) is 4.90 Å². The van der Waals surface area contributed by atoms with Crippen LogP contribution in [0.25, 0.3) is 0 Å². The zero-order chi connectivity index (χ0) is 27.0. The van der Waals surface area contributed by atoms with E-state index in [0.29, 0.717) is 24.3 Å². The zero-order valence-electron chi connectivity index (χ0n) is 22.7. The van der Waals surface area contributed by atoms with Gasteiger partial charge in [-0.25, -0.2) is 4.79 Å². The molecule has 0 spiro atoms. The lowest BCUT2D eigenvalue weighted by atomic mass is 9.63. The molecule has 1 unspecified atom stereocenters. The second-order valence-corrected chi connectivity index (χ2v) is 12.4. The maximum atomic E-state index is 12.5. The molecule has 3 aliphatic rings. The van der Waals surface area contributed by atoms with Crippen molar-refractivity contribution in [2.45, 2.75) is 76.9 Å². The molecule has 2 N–H and O–H groups in total. The molecule has 210 valence electrons. The third kappa shape index (κ3) is 7.25. The van der Waals surface area contributed by atoms with Gasteiger partial charge in [-0.3, -0.25) is 4.90 Å². The number of esters is 1. The number of hydrogen-bond acceptors (Lipinski definition) is 8. The second kappa shape index (κ2) is 14.0. The predicted molar refractivity (Wildman–Crippen MR) is 148 cm³/mol. The highest BCUT2D eigenvalue weighted by atomic mass is 32.1. The fourth-order valence-electron chi connectivity index (χ4n) is 6.42. The van der Waals surface area contributed by atoms with Crippen molar-refractivity contribution in [3.05, 3.63) is 34.0 Å². The highest BCUT2D eigenvalue weighted by Gasteiger charge is 2.42. The van der Waals surface area contributed by atoms with Gasteiger partial charge in [0.1, 0.15) is 11.5 Å². The molecule has 1 aromatic rings. The molecule has 7 nitrogen and oxygen atoms in total. The number of aliphatic hydroxyl groups excluding tert-OH is 2. The van der Waals surface area contributed by atoms with Crippen LogP contribution in [0, 0.1) is 34.5 Å². The molecule has 0 bridgehead atoms. The number of carbonyl (C=O) groups excluding carboxylic acids is 1. The summed E-state index contributed by atoms with van der Waals surface area (Å²) in [5.41, 5.74) is 0.0714. The summed E-state index contributed by atoms with van der Waals surface area (Å²) in [5, 5.41) is 31.2. The average Bonchev–Trinajstić information content (AvgIpc) is 3.49. The largest absolute Gasteiger partial charge is 0.460 e. The SMILES string of the molecule is CCC1(C(O)CC=C[C@@H]2[C@@H](CCCc3ccc(C(=O)OCCN4CCOCC4)s3)[C@H](C#N)C[C@H]2O)CCC1. The fourth-order valence-corrected chi connectivity index (χ4v) is 7.37. The quantitative estimate of drug-likeness (QED) is 0.277. The van der Waals surface area contributed by atoms with E-state index in [1.165, 1.54) is 17.8 Å². The topological polar surface area (TPSA) is 103 Å². The number of rotatable bonds is 13. The molecule has 5 atom stereocenters. The van der Waals surface area contributed by atoms with Crippen LogP contribution in [-0.2, 0) is 15.9 Å². The van der Waals surface area contributed by atoms with Crippen molar-refractivity contribution < 1.29 is 24.5 Å². The smallest absolute Gasteiger partial charge is 0.348 e. The van der Waals surface area contributed by atoms with Crippen LogP contribution in [0.4, 0.5) is 0 Å². The molecule has 4 rings (SSSR count). The minimum absolute atomic E-state index is 0.0499.